The van der Waals surface area contributed by atoms with Crippen LogP contribution in [0.25, 0.3) is 0 Å². The quantitative estimate of drug-likeness (QED) is 0.876. The molecule has 1 heterocycles. The summed E-state index contributed by atoms with van der Waals surface area (Å²) in [7, 11) is 0. The van der Waals surface area contributed by atoms with E-state index in [0.29, 0.717) is 6.54 Å². The highest BCUT2D eigenvalue weighted by Crippen LogP contribution is 2.19. The molecule has 0 aromatic heterocycles. The van der Waals surface area contributed by atoms with Crippen LogP contribution in [0.3, 0.4) is 0 Å². The molecule has 5 heteroatoms. The number of carbonyl (C=O) groups is 1. The van der Waals surface area contributed by atoms with Gasteiger partial charge in [-0.1, -0.05) is 0 Å². The molecule has 2 rings (SSSR count). The number of benzene rings is 1. The van der Waals surface area contributed by atoms with Crippen LogP contribution in [0.15, 0.2) is 24.3 Å². The SMILES string of the molecule is CC1CCN(c2ccc(F)cc2)CC(CC(=O)O)N1. The Labute approximate surface area is 112 Å². The van der Waals surface area contributed by atoms with Crippen LogP contribution in [-0.4, -0.2) is 36.2 Å². The lowest BCUT2D eigenvalue weighted by Gasteiger charge is -2.25. The van der Waals surface area contributed by atoms with E-state index in [4.69, 9.17) is 5.11 Å². The predicted octanol–water partition coefficient (Wildman–Crippen LogP) is 1.86. The molecule has 0 spiro atoms. The predicted molar refractivity (Wildman–Crippen MR) is 71.9 cm³/mol. The topological polar surface area (TPSA) is 52.6 Å². The van der Waals surface area contributed by atoms with Crippen molar-refractivity contribution >= 4 is 11.7 Å². The summed E-state index contributed by atoms with van der Waals surface area (Å²) in [6, 6.07) is 6.55. The molecule has 104 valence electrons. The van der Waals surface area contributed by atoms with E-state index in [1.54, 1.807) is 12.1 Å². The van der Waals surface area contributed by atoms with Gasteiger partial charge in [0.05, 0.1) is 6.42 Å². The lowest BCUT2D eigenvalue weighted by Crippen LogP contribution is -2.41. The first-order valence-electron chi connectivity index (χ1n) is 6.53. The van der Waals surface area contributed by atoms with Gasteiger partial charge in [0.1, 0.15) is 5.82 Å². The Morgan fingerprint density at radius 2 is 2.16 bits per heavy atom. The smallest absolute Gasteiger partial charge is 0.304 e. The minimum Gasteiger partial charge on any atom is -0.481 e. The van der Waals surface area contributed by atoms with Crippen LogP contribution in [0.2, 0.25) is 0 Å². The summed E-state index contributed by atoms with van der Waals surface area (Å²) >= 11 is 0. The van der Waals surface area contributed by atoms with E-state index in [-0.39, 0.29) is 24.3 Å². The highest BCUT2D eigenvalue weighted by molar-refractivity contribution is 5.67. The standard InChI is InChI=1S/C14H19FN2O2/c1-10-6-7-17(9-12(16-10)8-14(18)19)13-4-2-11(15)3-5-13/h2-5,10,12,16H,6-9H2,1H3,(H,18,19). The number of nitrogens with one attached hydrogen (secondary N) is 1. The maximum atomic E-state index is 12.9. The third-order valence-electron chi connectivity index (χ3n) is 3.41. The Kier molecular flexibility index (Phi) is 4.37. The molecule has 0 aliphatic carbocycles. The summed E-state index contributed by atoms with van der Waals surface area (Å²) < 4.78 is 12.9. The number of carboxylic acids is 1. The second-order valence-corrected chi connectivity index (χ2v) is 5.07. The van der Waals surface area contributed by atoms with E-state index >= 15 is 0 Å². The van der Waals surface area contributed by atoms with Gasteiger partial charge >= 0.3 is 5.97 Å². The van der Waals surface area contributed by atoms with Crippen molar-refractivity contribution in [1.29, 1.82) is 0 Å². The summed E-state index contributed by atoms with van der Waals surface area (Å²) in [5, 5.41) is 12.3. The van der Waals surface area contributed by atoms with Crippen molar-refractivity contribution in [2.45, 2.75) is 31.8 Å². The highest BCUT2D eigenvalue weighted by Gasteiger charge is 2.23. The fraction of sp³-hybridized carbons (Fsp3) is 0.500. The molecule has 2 unspecified atom stereocenters. The van der Waals surface area contributed by atoms with Gasteiger partial charge in [-0.15, -0.1) is 0 Å². The van der Waals surface area contributed by atoms with Crippen LogP contribution in [0, 0.1) is 5.82 Å². The fourth-order valence-corrected chi connectivity index (χ4v) is 2.47. The Hall–Kier alpha value is -1.62. The van der Waals surface area contributed by atoms with Gasteiger partial charge in [-0.2, -0.15) is 0 Å². The van der Waals surface area contributed by atoms with Crippen LogP contribution in [0.4, 0.5) is 10.1 Å². The number of hydrogen-bond donors (Lipinski definition) is 2. The van der Waals surface area contributed by atoms with Crippen LogP contribution >= 0.6 is 0 Å². The van der Waals surface area contributed by atoms with Gasteiger partial charge in [-0.3, -0.25) is 4.79 Å². The van der Waals surface area contributed by atoms with E-state index in [1.807, 2.05) is 0 Å². The molecular formula is C14H19FN2O2. The summed E-state index contributed by atoms with van der Waals surface area (Å²) in [6.07, 6.45) is 1.04. The normalized spacial score (nSPS) is 24.0. The number of nitrogens with zero attached hydrogens (tertiary/aromatic N) is 1. The monoisotopic (exact) mass is 266 g/mol. The molecule has 1 aliphatic heterocycles. The molecular weight excluding hydrogens is 247 g/mol. The maximum absolute atomic E-state index is 12.9. The van der Waals surface area contributed by atoms with Gasteiger partial charge in [-0.05, 0) is 37.6 Å². The third kappa shape index (κ3) is 3.92. The van der Waals surface area contributed by atoms with E-state index in [2.05, 4.69) is 17.1 Å². The second-order valence-electron chi connectivity index (χ2n) is 5.07. The van der Waals surface area contributed by atoms with Crippen molar-refractivity contribution < 1.29 is 14.3 Å². The molecule has 2 atom stereocenters. The van der Waals surface area contributed by atoms with E-state index in [0.717, 1.165) is 18.7 Å². The average Bonchev–Trinajstić information content (AvgIpc) is 2.51. The Morgan fingerprint density at radius 1 is 1.47 bits per heavy atom. The van der Waals surface area contributed by atoms with Crippen LogP contribution in [0.1, 0.15) is 19.8 Å². The van der Waals surface area contributed by atoms with Crippen molar-refractivity contribution in [2.24, 2.45) is 0 Å². The lowest BCUT2D eigenvalue weighted by atomic mass is 10.1. The van der Waals surface area contributed by atoms with Crippen molar-refractivity contribution in [2.75, 3.05) is 18.0 Å². The summed E-state index contributed by atoms with van der Waals surface area (Å²) in [4.78, 5) is 13.0. The number of hydrogen-bond acceptors (Lipinski definition) is 3. The molecule has 0 amide bonds. The van der Waals surface area contributed by atoms with Crippen LogP contribution < -0.4 is 10.2 Å². The second kappa shape index (κ2) is 6.02. The van der Waals surface area contributed by atoms with Gasteiger partial charge < -0.3 is 15.3 Å². The van der Waals surface area contributed by atoms with Gasteiger partial charge in [0.25, 0.3) is 0 Å². The molecule has 1 aromatic carbocycles. The Balaban J connectivity index is 2.11. The van der Waals surface area contributed by atoms with Crippen molar-refractivity contribution in [3.63, 3.8) is 0 Å². The zero-order chi connectivity index (χ0) is 13.8. The average molecular weight is 266 g/mol. The molecule has 0 saturated carbocycles. The molecule has 1 fully saturated rings. The first-order valence-corrected chi connectivity index (χ1v) is 6.53. The highest BCUT2D eigenvalue weighted by atomic mass is 19.1. The Morgan fingerprint density at radius 3 is 2.79 bits per heavy atom. The fourth-order valence-electron chi connectivity index (χ4n) is 2.47. The number of anilines is 1. The van der Waals surface area contributed by atoms with E-state index in [9.17, 15) is 9.18 Å². The van der Waals surface area contributed by atoms with Crippen molar-refractivity contribution in [3.05, 3.63) is 30.1 Å². The van der Waals surface area contributed by atoms with Gasteiger partial charge in [0.15, 0.2) is 0 Å². The first-order chi connectivity index (χ1) is 9.04. The largest absolute Gasteiger partial charge is 0.481 e. The molecule has 0 bridgehead atoms. The molecule has 19 heavy (non-hydrogen) atoms. The van der Waals surface area contributed by atoms with Gasteiger partial charge in [0, 0.05) is 30.9 Å². The van der Waals surface area contributed by atoms with E-state index < -0.39 is 5.97 Å². The van der Waals surface area contributed by atoms with Gasteiger partial charge in [0.2, 0.25) is 0 Å². The molecule has 1 aromatic rings. The molecule has 1 aliphatic rings. The van der Waals surface area contributed by atoms with Crippen molar-refractivity contribution in [3.8, 4) is 0 Å². The van der Waals surface area contributed by atoms with Gasteiger partial charge in [-0.25, -0.2) is 4.39 Å². The zero-order valence-corrected chi connectivity index (χ0v) is 11.0. The Bertz CT molecular complexity index is 436. The molecule has 2 N–H and O–H groups in total. The minimum atomic E-state index is -0.800. The molecule has 0 radical (unpaired) electrons. The van der Waals surface area contributed by atoms with Crippen LogP contribution in [-0.2, 0) is 4.79 Å². The number of carboxylic acid groups (broad SMARTS) is 1. The number of aliphatic carboxylic acids is 1. The van der Waals surface area contributed by atoms with E-state index in [1.165, 1.54) is 12.1 Å². The first kappa shape index (κ1) is 13.8. The maximum Gasteiger partial charge on any atom is 0.304 e. The zero-order valence-electron chi connectivity index (χ0n) is 11.0. The number of halogens is 1. The summed E-state index contributed by atoms with van der Waals surface area (Å²) in [6.45, 7) is 3.53. The molecule has 1 saturated heterocycles. The third-order valence-corrected chi connectivity index (χ3v) is 3.41. The number of rotatable bonds is 3. The van der Waals surface area contributed by atoms with Crippen LogP contribution in [0.5, 0.6) is 0 Å². The molecule has 4 nitrogen and oxygen atoms in total. The minimum absolute atomic E-state index is 0.0833. The summed E-state index contributed by atoms with van der Waals surface area (Å²) in [5.74, 6) is -1.06. The lowest BCUT2D eigenvalue weighted by molar-refractivity contribution is -0.137. The summed E-state index contributed by atoms with van der Waals surface area (Å²) in [5.41, 5.74) is 0.938. The van der Waals surface area contributed by atoms with Crippen molar-refractivity contribution in [1.82, 2.24) is 5.32 Å².